The number of hydrogen-bond acceptors (Lipinski definition) is 5. The number of hydrogen-bond donors (Lipinski definition) is 2. The van der Waals surface area contributed by atoms with Crippen molar-refractivity contribution in [2.45, 2.75) is 4.90 Å². The monoisotopic (exact) mass is 292 g/mol. The van der Waals surface area contributed by atoms with Crippen LogP contribution in [0.2, 0.25) is 0 Å². The average Bonchev–Trinajstić information content (AvgIpc) is 2.40. The molecule has 0 aliphatic rings. The van der Waals surface area contributed by atoms with E-state index in [1.165, 1.54) is 6.07 Å². The van der Waals surface area contributed by atoms with Crippen molar-refractivity contribution in [3.8, 4) is 5.75 Å². The molecule has 6 heteroatoms. The number of anilines is 3. The van der Waals surface area contributed by atoms with Crippen molar-refractivity contribution in [2.24, 2.45) is 0 Å². The summed E-state index contributed by atoms with van der Waals surface area (Å²) in [5.41, 5.74) is 7.36. The molecule has 2 aromatic rings. The average molecular weight is 292 g/mol. The molecule has 0 atom stereocenters. The Morgan fingerprint density at radius 2 is 1.70 bits per heavy atom. The van der Waals surface area contributed by atoms with Crippen molar-refractivity contribution in [2.75, 3.05) is 24.4 Å². The third-order valence-electron chi connectivity index (χ3n) is 2.84. The van der Waals surface area contributed by atoms with Gasteiger partial charge in [-0.2, -0.15) is 0 Å². The lowest BCUT2D eigenvalue weighted by atomic mass is 10.2. The highest BCUT2D eigenvalue weighted by atomic mass is 32.2. The van der Waals surface area contributed by atoms with Crippen LogP contribution in [0.15, 0.2) is 47.4 Å². The number of rotatable bonds is 4. The van der Waals surface area contributed by atoms with Crippen LogP contribution in [-0.2, 0) is 9.84 Å². The number of benzene rings is 2. The van der Waals surface area contributed by atoms with E-state index in [0.29, 0.717) is 17.1 Å². The number of nitrogens with two attached hydrogens (primary N) is 1. The van der Waals surface area contributed by atoms with Gasteiger partial charge in [-0.1, -0.05) is 18.2 Å². The second-order valence-corrected chi connectivity index (χ2v) is 6.30. The summed E-state index contributed by atoms with van der Waals surface area (Å²) in [5, 5.41) is 3.09. The van der Waals surface area contributed by atoms with E-state index in [9.17, 15) is 8.42 Å². The van der Waals surface area contributed by atoms with Crippen LogP contribution in [0.4, 0.5) is 17.1 Å². The fourth-order valence-corrected chi connectivity index (χ4v) is 2.70. The number of nitrogens with one attached hydrogen (secondary N) is 1. The first kappa shape index (κ1) is 14.2. The largest absolute Gasteiger partial charge is 0.495 e. The number of ether oxygens (including phenoxy) is 1. The minimum Gasteiger partial charge on any atom is -0.495 e. The Bertz CT molecular complexity index is 727. The van der Waals surface area contributed by atoms with Crippen LogP contribution in [0.1, 0.15) is 0 Å². The van der Waals surface area contributed by atoms with Gasteiger partial charge in [0.1, 0.15) is 5.75 Å². The highest BCUT2D eigenvalue weighted by Gasteiger charge is 2.14. The lowest BCUT2D eigenvalue weighted by Gasteiger charge is -2.14. The summed E-state index contributed by atoms with van der Waals surface area (Å²) in [6.45, 7) is 0. The SMILES string of the molecule is COc1ccccc1Nc1cccc(S(C)(=O)=O)c1N. The summed E-state index contributed by atoms with van der Waals surface area (Å²) in [5.74, 6) is 0.650. The predicted octanol–water partition coefficient (Wildman–Crippen LogP) is 2.42. The third-order valence-corrected chi connectivity index (χ3v) is 4.00. The van der Waals surface area contributed by atoms with Crippen molar-refractivity contribution < 1.29 is 13.2 Å². The van der Waals surface area contributed by atoms with E-state index >= 15 is 0 Å². The van der Waals surface area contributed by atoms with Gasteiger partial charge in [-0.3, -0.25) is 0 Å². The van der Waals surface area contributed by atoms with E-state index in [1.807, 2.05) is 18.2 Å². The zero-order valence-electron chi connectivity index (χ0n) is 11.3. The molecule has 0 spiro atoms. The zero-order chi connectivity index (χ0) is 14.8. The molecule has 3 N–H and O–H groups in total. The minimum atomic E-state index is -3.36. The first-order valence-electron chi connectivity index (χ1n) is 5.92. The van der Waals surface area contributed by atoms with Crippen LogP contribution >= 0.6 is 0 Å². The lowest BCUT2D eigenvalue weighted by Crippen LogP contribution is -2.05. The van der Waals surface area contributed by atoms with Crippen molar-refractivity contribution in [3.05, 3.63) is 42.5 Å². The van der Waals surface area contributed by atoms with Gasteiger partial charge >= 0.3 is 0 Å². The molecule has 0 fully saturated rings. The maximum Gasteiger partial charge on any atom is 0.177 e. The highest BCUT2D eigenvalue weighted by molar-refractivity contribution is 7.90. The molecule has 106 valence electrons. The molecular weight excluding hydrogens is 276 g/mol. The van der Waals surface area contributed by atoms with E-state index in [1.54, 1.807) is 25.3 Å². The molecule has 2 rings (SSSR count). The molecule has 0 heterocycles. The molecule has 2 aromatic carbocycles. The summed E-state index contributed by atoms with van der Waals surface area (Å²) in [6, 6.07) is 12.2. The van der Waals surface area contributed by atoms with Crippen LogP contribution < -0.4 is 15.8 Å². The molecule has 0 aromatic heterocycles. The number of methoxy groups -OCH3 is 1. The van der Waals surface area contributed by atoms with Gasteiger partial charge in [-0.05, 0) is 24.3 Å². The van der Waals surface area contributed by atoms with Crippen LogP contribution in [0, 0.1) is 0 Å². The molecule has 20 heavy (non-hydrogen) atoms. The first-order chi connectivity index (χ1) is 9.43. The van der Waals surface area contributed by atoms with Gasteiger partial charge in [0.15, 0.2) is 9.84 Å². The van der Waals surface area contributed by atoms with Crippen molar-refractivity contribution in [1.82, 2.24) is 0 Å². The van der Waals surface area contributed by atoms with Crippen LogP contribution in [-0.4, -0.2) is 21.8 Å². The van der Waals surface area contributed by atoms with E-state index in [0.717, 1.165) is 6.26 Å². The second-order valence-electron chi connectivity index (χ2n) is 4.31. The minimum absolute atomic E-state index is 0.109. The zero-order valence-corrected chi connectivity index (χ0v) is 12.1. The molecule has 0 aliphatic heterocycles. The van der Waals surface area contributed by atoms with Crippen LogP contribution in [0.5, 0.6) is 5.75 Å². The summed E-state index contributed by atoms with van der Waals surface area (Å²) >= 11 is 0. The van der Waals surface area contributed by atoms with E-state index < -0.39 is 9.84 Å². The van der Waals surface area contributed by atoms with Gasteiger partial charge in [-0.25, -0.2) is 8.42 Å². The number of sulfone groups is 1. The topological polar surface area (TPSA) is 81.4 Å². The quantitative estimate of drug-likeness (QED) is 0.846. The standard InChI is InChI=1S/C14H16N2O3S/c1-19-12-8-4-3-6-10(12)16-11-7-5-9-13(14(11)15)20(2,17)18/h3-9,16H,15H2,1-2H3. The molecule has 0 amide bonds. The van der Waals surface area contributed by atoms with Gasteiger partial charge < -0.3 is 15.8 Å². The molecule has 0 bridgehead atoms. The van der Waals surface area contributed by atoms with Gasteiger partial charge in [0.2, 0.25) is 0 Å². The Morgan fingerprint density at radius 1 is 1.05 bits per heavy atom. The van der Waals surface area contributed by atoms with Crippen molar-refractivity contribution >= 4 is 26.9 Å². The first-order valence-corrected chi connectivity index (χ1v) is 7.81. The van der Waals surface area contributed by atoms with Gasteiger partial charge in [0.05, 0.1) is 29.1 Å². The summed E-state index contributed by atoms with van der Waals surface area (Å²) in [7, 11) is -1.79. The van der Waals surface area contributed by atoms with Crippen LogP contribution in [0.3, 0.4) is 0 Å². The van der Waals surface area contributed by atoms with Gasteiger partial charge in [0, 0.05) is 6.26 Å². The van der Waals surface area contributed by atoms with Crippen LogP contribution in [0.25, 0.3) is 0 Å². The molecule has 0 radical (unpaired) electrons. The Kier molecular flexibility index (Phi) is 3.85. The summed E-state index contributed by atoms with van der Waals surface area (Å²) in [4.78, 5) is 0.109. The number of para-hydroxylation sites is 3. The second kappa shape index (κ2) is 5.42. The third kappa shape index (κ3) is 2.85. The fourth-order valence-electron chi connectivity index (χ4n) is 1.87. The predicted molar refractivity (Wildman–Crippen MR) is 80.2 cm³/mol. The normalized spacial score (nSPS) is 11.1. The fraction of sp³-hybridized carbons (Fsp3) is 0.143. The molecule has 0 unspecified atom stereocenters. The van der Waals surface area contributed by atoms with Gasteiger partial charge in [0.25, 0.3) is 0 Å². The smallest absolute Gasteiger partial charge is 0.177 e. The molecule has 0 saturated heterocycles. The molecular formula is C14H16N2O3S. The summed E-state index contributed by atoms with van der Waals surface area (Å²) in [6.07, 6.45) is 1.13. The highest BCUT2D eigenvalue weighted by Crippen LogP contribution is 2.32. The summed E-state index contributed by atoms with van der Waals surface area (Å²) < 4.78 is 28.5. The van der Waals surface area contributed by atoms with E-state index in [4.69, 9.17) is 10.5 Å². The lowest BCUT2D eigenvalue weighted by molar-refractivity contribution is 0.417. The van der Waals surface area contributed by atoms with Crippen molar-refractivity contribution in [1.29, 1.82) is 0 Å². The maximum absolute atomic E-state index is 11.6. The Hall–Kier alpha value is -2.21. The molecule has 0 aliphatic carbocycles. The Morgan fingerprint density at radius 3 is 2.35 bits per heavy atom. The van der Waals surface area contributed by atoms with E-state index in [2.05, 4.69) is 5.32 Å². The van der Waals surface area contributed by atoms with Gasteiger partial charge in [-0.15, -0.1) is 0 Å². The van der Waals surface area contributed by atoms with E-state index in [-0.39, 0.29) is 10.6 Å². The maximum atomic E-state index is 11.6. The van der Waals surface area contributed by atoms with Crippen molar-refractivity contribution in [3.63, 3.8) is 0 Å². The Labute approximate surface area is 118 Å². The molecule has 5 nitrogen and oxygen atoms in total. The Balaban J connectivity index is 2.45. The molecule has 0 saturated carbocycles. The number of nitrogen functional groups attached to an aromatic ring is 1.